The van der Waals surface area contributed by atoms with E-state index in [0.717, 1.165) is 27.3 Å². The summed E-state index contributed by atoms with van der Waals surface area (Å²) in [5.74, 6) is -2.00. The number of hydrogen-bond donors (Lipinski definition) is 2. The van der Waals surface area contributed by atoms with E-state index in [2.05, 4.69) is 17.4 Å². The molecular weight excluding hydrogens is 424 g/mol. The summed E-state index contributed by atoms with van der Waals surface area (Å²) in [5, 5.41) is 12.3. The smallest absolute Gasteiger partial charge is 0.407 e. The van der Waals surface area contributed by atoms with E-state index in [-0.39, 0.29) is 25.0 Å². The number of rotatable bonds is 10. The standard InChI is InChI=1S/C25H30N2O6/c1-16(2)12-17(24(30)27(3)33-15-23(28)29)13-26-25(31)32-14-22-20-10-6-4-8-18(20)19-9-5-7-11-21(19)22/h4-11,16-17,22H,12-15H2,1-3H3,(H,26,31)(H,28,29). The van der Waals surface area contributed by atoms with Gasteiger partial charge in [0.15, 0.2) is 6.61 Å². The molecular formula is C25H30N2O6. The molecule has 33 heavy (non-hydrogen) atoms. The molecule has 0 aliphatic heterocycles. The molecule has 8 nitrogen and oxygen atoms in total. The first-order valence-corrected chi connectivity index (χ1v) is 11.0. The number of benzene rings is 2. The lowest BCUT2D eigenvalue weighted by atomic mass is 9.96. The number of hydrogen-bond acceptors (Lipinski definition) is 5. The summed E-state index contributed by atoms with van der Waals surface area (Å²) in [6, 6.07) is 16.2. The minimum absolute atomic E-state index is 0.0493. The van der Waals surface area contributed by atoms with Crippen LogP contribution in [-0.2, 0) is 19.2 Å². The van der Waals surface area contributed by atoms with E-state index in [1.807, 2.05) is 50.2 Å². The zero-order valence-corrected chi connectivity index (χ0v) is 19.1. The molecule has 0 bridgehead atoms. The SMILES string of the molecule is CC(C)CC(CNC(=O)OCC1c2ccccc2-c2ccccc21)C(=O)N(C)OCC(=O)O. The second kappa shape index (κ2) is 11.0. The van der Waals surface area contributed by atoms with Crippen LogP contribution in [0.1, 0.15) is 37.3 Å². The maximum Gasteiger partial charge on any atom is 0.407 e. The highest BCUT2D eigenvalue weighted by Crippen LogP contribution is 2.44. The first-order valence-electron chi connectivity index (χ1n) is 11.0. The molecule has 3 rings (SSSR count). The number of carboxylic acids is 1. The van der Waals surface area contributed by atoms with E-state index in [9.17, 15) is 14.4 Å². The first kappa shape index (κ1) is 24.3. The first-order chi connectivity index (χ1) is 15.8. The molecule has 0 heterocycles. The van der Waals surface area contributed by atoms with Crippen molar-refractivity contribution < 1.29 is 29.1 Å². The van der Waals surface area contributed by atoms with E-state index >= 15 is 0 Å². The van der Waals surface area contributed by atoms with Gasteiger partial charge in [-0.25, -0.2) is 14.7 Å². The number of carboxylic acid groups (broad SMARTS) is 1. The maximum atomic E-state index is 12.7. The van der Waals surface area contributed by atoms with Crippen LogP contribution in [0.2, 0.25) is 0 Å². The van der Waals surface area contributed by atoms with E-state index in [4.69, 9.17) is 14.7 Å². The maximum absolute atomic E-state index is 12.7. The van der Waals surface area contributed by atoms with Gasteiger partial charge in [-0.05, 0) is 34.6 Å². The number of carbonyl (C=O) groups is 3. The Morgan fingerprint density at radius 3 is 2.15 bits per heavy atom. The minimum atomic E-state index is -1.17. The van der Waals surface area contributed by atoms with Gasteiger partial charge >= 0.3 is 12.1 Å². The Balaban J connectivity index is 1.58. The van der Waals surface area contributed by atoms with Crippen LogP contribution in [-0.4, -0.2) is 54.9 Å². The molecule has 1 atom stereocenters. The van der Waals surface area contributed by atoms with E-state index in [0.29, 0.717) is 6.42 Å². The van der Waals surface area contributed by atoms with Gasteiger partial charge in [0, 0.05) is 19.5 Å². The average Bonchev–Trinajstić information content (AvgIpc) is 3.11. The Labute approximate surface area is 193 Å². The van der Waals surface area contributed by atoms with Gasteiger partial charge in [-0.1, -0.05) is 62.4 Å². The van der Waals surface area contributed by atoms with Crippen LogP contribution in [0, 0.1) is 11.8 Å². The van der Waals surface area contributed by atoms with Crippen molar-refractivity contribution in [1.29, 1.82) is 0 Å². The third-order valence-corrected chi connectivity index (χ3v) is 5.63. The molecule has 2 N–H and O–H groups in total. The van der Waals surface area contributed by atoms with Crippen molar-refractivity contribution in [1.82, 2.24) is 10.4 Å². The fraction of sp³-hybridized carbons (Fsp3) is 0.400. The molecule has 0 saturated heterocycles. The van der Waals surface area contributed by atoms with Gasteiger partial charge in [-0.2, -0.15) is 0 Å². The van der Waals surface area contributed by atoms with Crippen LogP contribution in [0.25, 0.3) is 11.1 Å². The fourth-order valence-corrected chi connectivity index (χ4v) is 4.17. The third-order valence-electron chi connectivity index (χ3n) is 5.63. The summed E-state index contributed by atoms with van der Waals surface area (Å²) in [4.78, 5) is 40.8. The highest BCUT2D eigenvalue weighted by atomic mass is 16.7. The van der Waals surface area contributed by atoms with Crippen LogP contribution in [0.5, 0.6) is 0 Å². The number of nitrogens with zero attached hydrogens (tertiary/aromatic N) is 1. The van der Waals surface area contributed by atoms with Gasteiger partial charge < -0.3 is 15.2 Å². The number of amides is 2. The fourth-order valence-electron chi connectivity index (χ4n) is 4.17. The molecule has 8 heteroatoms. The van der Waals surface area contributed by atoms with Crippen LogP contribution in [0.3, 0.4) is 0 Å². The highest BCUT2D eigenvalue weighted by Gasteiger charge is 2.29. The molecule has 0 fully saturated rings. The molecule has 2 aromatic rings. The number of fused-ring (bicyclic) bond motifs is 3. The van der Waals surface area contributed by atoms with E-state index in [1.54, 1.807) is 0 Å². The van der Waals surface area contributed by atoms with Crippen molar-refractivity contribution in [2.24, 2.45) is 11.8 Å². The van der Waals surface area contributed by atoms with Gasteiger partial charge in [0.25, 0.3) is 5.91 Å². The Hall–Kier alpha value is -3.39. The molecule has 2 amide bonds. The summed E-state index contributed by atoms with van der Waals surface area (Å²) >= 11 is 0. The lowest BCUT2D eigenvalue weighted by molar-refractivity contribution is -0.189. The number of nitrogens with one attached hydrogen (secondary N) is 1. The lowest BCUT2D eigenvalue weighted by Gasteiger charge is -2.24. The van der Waals surface area contributed by atoms with Gasteiger partial charge in [0.1, 0.15) is 6.61 Å². The average molecular weight is 455 g/mol. The van der Waals surface area contributed by atoms with Crippen LogP contribution in [0.4, 0.5) is 4.79 Å². The molecule has 2 aromatic carbocycles. The van der Waals surface area contributed by atoms with Crippen molar-refractivity contribution in [2.75, 3.05) is 26.8 Å². The van der Waals surface area contributed by atoms with Crippen LogP contribution >= 0.6 is 0 Å². The van der Waals surface area contributed by atoms with Gasteiger partial charge in [-0.15, -0.1) is 0 Å². The molecule has 0 aromatic heterocycles. The Bertz CT molecular complexity index is 960. The normalized spacial score (nSPS) is 13.2. The van der Waals surface area contributed by atoms with Crippen LogP contribution in [0.15, 0.2) is 48.5 Å². The quantitative estimate of drug-likeness (QED) is 0.531. The van der Waals surface area contributed by atoms with Crippen molar-refractivity contribution in [3.8, 4) is 11.1 Å². The van der Waals surface area contributed by atoms with Gasteiger partial charge in [0.2, 0.25) is 0 Å². The summed E-state index contributed by atoms with van der Waals surface area (Å²) in [7, 11) is 1.37. The predicted molar refractivity (Wildman–Crippen MR) is 122 cm³/mol. The second-order valence-corrected chi connectivity index (χ2v) is 8.54. The number of hydroxylamine groups is 2. The largest absolute Gasteiger partial charge is 0.479 e. The third kappa shape index (κ3) is 6.10. The predicted octanol–water partition coefficient (Wildman–Crippen LogP) is 3.66. The van der Waals surface area contributed by atoms with Gasteiger partial charge in [0.05, 0.1) is 5.92 Å². The Morgan fingerprint density at radius 1 is 1.03 bits per heavy atom. The van der Waals surface area contributed by atoms with E-state index < -0.39 is 30.5 Å². The van der Waals surface area contributed by atoms with Crippen molar-refractivity contribution in [2.45, 2.75) is 26.2 Å². The molecule has 1 unspecified atom stereocenters. The summed E-state index contributed by atoms with van der Waals surface area (Å²) in [5.41, 5.74) is 4.54. The molecule has 0 saturated carbocycles. The minimum Gasteiger partial charge on any atom is -0.479 e. The number of aliphatic carboxylic acids is 1. The number of carbonyl (C=O) groups excluding carboxylic acids is 2. The molecule has 176 valence electrons. The number of alkyl carbamates (subject to hydrolysis) is 1. The molecule has 1 aliphatic rings. The Kier molecular flexibility index (Phi) is 8.06. The Morgan fingerprint density at radius 2 is 1.61 bits per heavy atom. The zero-order valence-electron chi connectivity index (χ0n) is 19.1. The number of ether oxygens (including phenoxy) is 1. The summed E-state index contributed by atoms with van der Waals surface area (Å²) in [6.07, 6.45) is -0.101. The molecule has 0 spiro atoms. The summed E-state index contributed by atoms with van der Waals surface area (Å²) in [6.45, 7) is 3.56. The van der Waals surface area contributed by atoms with Crippen molar-refractivity contribution >= 4 is 18.0 Å². The van der Waals surface area contributed by atoms with E-state index in [1.165, 1.54) is 7.05 Å². The lowest BCUT2D eigenvalue weighted by Crippen LogP contribution is -2.41. The van der Waals surface area contributed by atoms with Crippen molar-refractivity contribution in [3.63, 3.8) is 0 Å². The monoisotopic (exact) mass is 454 g/mol. The van der Waals surface area contributed by atoms with Gasteiger partial charge in [-0.3, -0.25) is 9.63 Å². The molecule has 0 radical (unpaired) electrons. The topological polar surface area (TPSA) is 105 Å². The zero-order chi connectivity index (χ0) is 24.0. The van der Waals surface area contributed by atoms with Crippen LogP contribution < -0.4 is 5.32 Å². The summed E-state index contributed by atoms with van der Waals surface area (Å²) < 4.78 is 5.53. The van der Waals surface area contributed by atoms with Crippen molar-refractivity contribution in [3.05, 3.63) is 59.7 Å². The highest BCUT2D eigenvalue weighted by molar-refractivity contribution is 5.80. The second-order valence-electron chi connectivity index (χ2n) is 8.54. The molecule has 1 aliphatic carbocycles.